The molecule has 0 aliphatic carbocycles. The highest BCUT2D eigenvalue weighted by Crippen LogP contribution is 2.43. The van der Waals surface area contributed by atoms with Crippen molar-refractivity contribution in [1.82, 2.24) is 0 Å². The van der Waals surface area contributed by atoms with E-state index < -0.39 is 39.2 Å². The molecule has 0 aromatic rings. The Balaban J connectivity index is 4.15. The molecule has 0 amide bonds. The molecule has 326 valence electrons. The molecule has 3 atom stereocenters. The number of allylic oxidation sites excluding steroid dienone is 10. The van der Waals surface area contributed by atoms with Crippen LogP contribution >= 0.6 is 7.82 Å². The molecule has 9 nitrogen and oxygen atoms in total. The monoisotopic (exact) mass is 811 g/mol. The molecule has 0 aromatic carbocycles. The van der Waals surface area contributed by atoms with Crippen LogP contribution in [0.1, 0.15) is 181 Å². The first-order chi connectivity index (χ1) is 27.3. The third-order valence-corrected chi connectivity index (χ3v) is 10.2. The Morgan fingerprint density at radius 1 is 0.571 bits per heavy atom. The number of hydrogen-bond acceptors (Lipinski definition) is 8. The smallest absolute Gasteiger partial charge is 0.457 e. The molecule has 56 heavy (non-hydrogen) atoms. The largest absolute Gasteiger partial charge is 0.472 e. The number of esters is 1. The van der Waals surface area contributed by atoms with E-state index in [1.54, 1.807) is 0 Å². The van der Waals surface area contributed by atoms with E-state index in [-0.39, 0.29) is 19.6 Å². The molecule has 0 aliphatic rings. The number of aliphatic hydroxyl groups is 2. The summed E-state index contributed by atoms with van der Waals surface area (Å²) >= 11 is 0. The van der Waals surface area contributed by atoms with Crippen molar-refractivity contribution in [2.75, 3.05) is 33.0 Å². The summed E-state index contributed by atoms with van der Waals surface area (Å²) in [4.78, 5) is 22.6. The second-order valence-corrected chi connectivity index (χ2v) is 16.1. The van der Waals surface area contributed by atoms with E-state index in [0.717, 1.165) is 77.0 Å². The average molecular weight is 811 g/mol. The number of rotatable bonds is 42. The Morgan fingerprint density at radius 2 is 1.02 bits per heavy atom. The molecule has 0 spiro atoms. The van der Waals surface area contributed by atoms with Crippen LogP contribution in [0.5, 0.6) is 0 Å². The van der Waals surface area contributed by atoms with Crippen molar-refractivity contribution in [2.45, 2.75) is 193 Å². The van der Waals surface area contributed by atoms with Crippen LogP contribution < -0.4 is 0 Å². The van der Waals surface area contributed by atoms with Crippen molar-refractivity contribution < 1.29 is 43.0 Å². The summed E-state index contributed by atoms with van der Waals surface area (Å²) in [5.74, 6) is -0.394. The first-order valence-electron chi connectivity index (χ1n) is 22.3. The summed E-state index contributed by atoms with van der Waals surface area (Å²) in [6, 6.07) is 0. The SMILES string of the molecule is CC/C=C\C/C=C\C/C=C\C/C=C\C/C=C\CCCCCCCCCC(=O)OC(COCCCCCCCCCCCCCC)COP(=O)(O)OCC(O)CO. The molecule has 0 aromatic heterocycles. The fourth-order valence-corrected chi connectivity index (χ4v) is 6.64. The second-order valence-electron chi connectivity index (χ2n) is 14.7. The predicted octanol–water partition coefficient (Wildman–Crippen LogP) is 12.4. The lowest BCUT2D eigenvalue weighted by Gasteiger charge is -2.20. The summed E-state index contributed by atoms with van der Waals surface area (Å²) in [5.41, 5.74) is 0. The zero-order valence-corrected chi connectivity index (χ0v) is 36.5. The van der Waals surface area contributed by atoms with Crippen molar-refractivity contribution >= 4 is 13.8 Å². The molecular formula is C46H83O9P. The van der Waals surface area contributed by atoms with E-state index >= 15 is 0 Å². The molecule has 0 heterocycles. The third kappa shape index (κ3) is 41.8. The number of hydrogen-bond donors (Lipinski definition) is 3. The van der Waals surface area contributed by atoms with Crippen LogP contribution in [0, 0.1) is 0 Å². The Morgan fingerprint density at radius 3 is 1.54 bits per heavy atom. The van der Waals surface area contributed by atoms with Crippen molar-refractivity contribution in [1.29, 1.82) is 0 Å². The summed E-state index contributed by atoms with van der Waals surface area (Å²) in [5, 5.41) is 18.3. The number of aliphatic hydroxyl groups excluding tert-OH is 2. The third-order valence-electron chi connectivity index (χ3n) is 9.22. The van der Waals surface area contributed by atoms with Crippen LogP contribution in [0.25, 0.3) is 0 Å². The van der Waals surface area contributed by atoms with Crippen LogP contribution in [0.2, 0.25) is 0 Å². The molecule has 0 rings (SSSR count). The van der Waals surface area contributed by atoms with Gasteiger partial charge in [0.2, 0.25) is 0 Å². The van der Waals surface area contributed by atoms with Crippen molar-refractivity contribution in [3.63, 3.8) is 0 Å². The van der Waals surface area contributed by atoms with Crippen LogP contribution in [0.4, 0.5) is 0 Å². The highest BCUT2D eigenvalue weighted by molar-refractivity contribution is 7.47. The summed E-state index contributed by atoms with van der Waals surface area (Å²) in [6.07, 6.45) is 48.9. The van der Waals surface area contributed by atoms with Gasteiger partial charge in [-0.25, -0.2) is 4.57 Å². The van der Waals surface area contributed by atoms with E-state index in [0.29, 0.717) is 13.0 Å². The highest BCUT2D eigenvalue weighted by Gasteiger charge is 2.26. The Kier molecular flexibility index (Phi) is 41.4. The fraction of sp³-hybridized carbons (Fsp3) is 0.761. The number of phosphoric acid groups is 1. The van der Waals surface area contributed by atoms with E-state index in [2.05, 4.69) is 74.6 Å². The maximum Gasteiger partial charge on any atom is 0.472 e. The maximum atomic E-state index is 12.6. The van der Waals surface area contributed by atoms with E-state index in [1.165, 1.54) is 77.0 Å². The van der Waals surface area contributed by atoms with Gasteiger partial charge in [-0.2, -0.15) is 0 Å². The van der Waals surface area contributed by atoms with Gasteiger partial charge in [0.05, 0.1) is 26.4 Å². The first-order valence-corrected chi connectivity index (χ1v) is 23.8. The van der Waals surface area contributed by atoms with Gasteiger partial charge in [-0.3, -0.25) is 13.8 Å². The van der Waals surface area contributed by atoms with Crippen molar-refractivity contribution in [3.05, 3.63) is 60.8 Å². The van der Waals surface area contributed by atoms with Gasteiger partial charge < -0.3 is 24.6 Å². The molecule has 0 bridgehead atoms. The molecule has 0 radical (unpaired) electrons. The van der Waals surface area contributed by atoms with Gasteiger partial charge in [-0.15, -0.1) is 0 Å². The lowest BCUT2D eigenvalue weighted by atomic mass is 10.1. The van der Waals surface area contributed by atoms with Crippen LogP contribution in [-0.4, -0.2) is 66.3 Å². The van der Waals surface area contributed by atoms with Crippen LogP contribution in [-0.2, 0) is 27.9 Å². The van der Waals surface area contributed by atoms with E-state index in [1.807, 2.05) is 0 Å². The Labute approximate surface area is 342 Å². The quantitative estimate of drug-likeness (QED) is 0.0239. The lowest BCUT2D eigenvalue weighted by molar-refractivity contribution is -0.154. The lowest BCUT2D eigenvalue weighted by Crippen LogP contribution is -2.29. The van der Waals surface area contributed by atoms with E-state index in [4.69, 9.17) is 23.6 Å². The van der Waals surface area contributed by atoms with Gasteiger partial charge in [0.1, 0.15) is 12.2 Å². The van der Waals surface area contributed by atoms with Gasteiger partial charge in [0, 0.05) is 13.0 Å². The summed E-state index contributed by atoms with van der Waals surface area (Å²) in [7, 11) is -4.52. The normalized spacial score (nSPS) is 14.6. The van der Waals surface area contributed by atoms with Gasteiger partial charge in [0.25, 0.3) is 0 Å². The van der Waals surface area contributed by atoms with Gasteiger partial charge >= 0.3 is 13.8 Å². The maximum absolute atomic E-state index is 12.6. The number of unbranched alkanes of at least 4 members (excludes halogenated alkanes) is 18. The minimum absolute atomic E-state index is 0.0443. The first kappa shape index (κ1) is 54.2. The molecule has 10 heteroatoms. The zero-order valence-electron chi connectivity index (χ0n) is 35.6. The Bertz CT molecular complexity index is 1060. The molecule has 0 aliphatic heterocycles. The standard InChI is InChI=1S/C46H83O9P/c1-3-5-7-9-11-13-15-17-18-19-20-21-22-23-24-25-26-27-28-30-32-34-36-38-46(49)55-45(43-54-56(50,51)53-41-44(48)40-47)42-52-39-37-35-33-31-29-16-14-12-10-8-6-4-2/h5,7,11,13,17-18,20-21,23-24,44-45,47-48H,3-4,6,8-10,12,14-16,19,22,25-43H2,1-2H3,(H,50,51)/b7-5-,13-11-,18-17-,21-20-,24-23-. The number of carbonyl (C=O) groups excluding carboxylic acids is 1. The average Bonchev–Trinajstić information content (AvgIpc) is 3.19. The summed E-state index contributed by atoms with van der Waals surface area (Å²) in [6.45, 7) is 3.39. The van der Waals surface area contributed by atoms with Gasteiger partial charge in [-0.1, -0.05) is 177 Å². The van der Waals surface area contributed by atoms with Crippen LogP contribution in [0.3, 0.4) is 0 Å². The van der Waals surface area contributed by atoms with Gasteiger partial charge in [0.15, 0.2) is 0 Å². The van der Waals surface area contributed by atoms with E-state index in [9.17, 15) is 19.4 Å². The van der Waals surface area contributed by atoms with Crippen LogP contribution in [0.15, 0.2) is 60.8 Å². The minimum atomic E-state index is -4.52. The highest BCUT2D eigenvalue weighted by atomic mass is 31.2. The number of phosphoric ester groups is 1. The molecule has 3 N–H and O–H groups in total. The minimum Gasteiger partial charge on any atom is -0.457 e. The number of carbonyl (C=O) groups is 1. The predicted molar refractivity (Wildman–Crippen MR) is 233 cm³/mol. The van der Waals surface area contributed by atoms with Gasteiger partial charge in [-0.05, 0) is 57.8 Å². The second kappa shape index (κ2) is 42.8. The topological polar surface area (TPSA) is 132 Å². The zero-order chi connectivity index (χ0) is 41.1. The fourth-order valence-electron chi connectivity index (χ4n) is 5.85. The molecule has 0 fully saturated rings. The number of ether oxygens (including phenoxy) is 2. The summed E-state index contributed by atoms with van der Waals surface area (Å²) < 4.78 is 33.4. The van der Waals surface area contributed by atoms with Crippen molar-refractivity contribution in [3.8, 4) is 0 Å². The molecule has 0 saturated carbocycles. The molecular weight excluding hydrogens is 727 g/mol. The molecule has 0 saturated heterocycles. The molecule has 3 unspecified atom stereocenters. The van der Waals surface area contributed by atoms with Crippen molar-refractivity contribution in [2.24, 2.45) is 0 Å². The Hall–Kier alpha value is -1.84.